The zero-order valence-corrected chi connectivity index (χ0v) is 18.5. The molecule has 3 heterocycles. The van der Waals surface area contributed by atoms with Gasteiger partial charge < -0.3 is 14.2 Å². The van der Waals surface area contributed by atoms with Crippen LogP contribution in [-0.4, -0.2) is 89.8 Å². The maximum Gasteiger partial charge on any atom is 0.289 e. The van der Waals surface area contributed by atoms with Crippen molar-refractivity contribution in [3.63, 3.8) is 0 Å². The van der Waals surface area contributed by atoms with E-state index in [0.29, 0.717) is 31.9 Å². The predicted molar refractivity (Wildman–Crippen MR) is 119 cm³/mol. The number of carbonyl (C=O) groups is 2. The van der Waals surface area contributed by atoms with Crippen molar-refractivity contribution in [1.82, 2.24) is 19.6 Å². The zero-order chi connectivity index (χ0) is 21.8. The number of hydrogen-bond acceptors (Lipinski definition) is 5. The quantitative estimate of drug-likeness (QED) is 0.736. The number of benzene rings is 1. The third-order valence-corrected chi connectivity index (χ3v) is 6.39. The molecule has 0 N–H and O–H groups in total. The Morgan fingerprint density at radius 2 is 1.52 bits per heavy atom. The number of amides is 2. The van der Waals surface area contributed by atoms with Crippen LogP contribution in [0.1, 0.15) is 28.8 Å². The van der Waals surface area contributed by atoms with Gasteiger partial charge in [0.1, 0.15) is 5.76 Å². The van der Waals surface area contributed by atoms with Gasteiger partial charge in [-0.3, -0.25) is 19.4 Å². The van der Waals surface area contributed by atoms with E-state index in [2.05, 4.69) is 34.1 Å². The normalized spacial score (nSPS) is 19.4. The first kappa shape index (κ1) is 21.6. The molecular formula is C24H32N4O3. The Kier molecular flexibility index (Phi) is 6.73. The van der Waals surface area contributed by atoms with Crippen LogP contribution >= 0.6 is 0 Å². The molecule has 2 aromatic rings. The summed E-state index contributed by atoms with van der Waals surface area (Å²) in [5.74, 6) is 1.26. The van der Waals surface area contributed by atoms with Crippen LogP contribution in [-0.2, 0) is 11.3 Å². The van der Waals surface area contributed by atoms with Crippen LogP contribution < -0.4 is 0 Å². The summed E-state index contributed by atoms with van der Waals surface area (Å²) in [6, 6.07) is 13.9. The summed E-state index contributed by atoms with van der Waals surface area (Å²) in [7, 11) is 0. The lowest BCUT2D eigenvalue weighted by atomic mass is 10.1. The molecule has 2 saturated heterocycles. The molecule has 0 radical (unpaired) electrons. The van der Waals surface area contributed by atoms with Crippen LogP contribution in [0.15, 0.2) is 46.9 Å². The molecule has 2 aliphatic rings. The Labute approximate surface area is 184 Å². The molecule has 0 bridgehead atoms. The number of aryl methyl sites for hydroxylation is 1. The molecule has 31 heavy (non-hydrogen) atoms. The maximum absolute atomic E-state index is 13.1. The fourth-order valence-corrected chi connectivity index (χ4v) is 4.41. The van der Waals surface area contributed by atoms with E-state index in [9.17, 15) is 9.59 Å². The van der Waals surface area contributed by atoms with E-state index in [1.54, 1.807) is 6.07 Å². The van der Waals surface area contributed by atoms with Crippen LogP contribution in [0.2, 0.25) is 0 Å². The van der Waals surface area contributed by atoms with E-state index < -0.39 is 0 Å². The minimum atomic E-state index is -0.163. The maximum atomic E-state index is 13.1. The fraction of sp³-hybridized carbons (Fsp3) is 0.500. The fourth-order valence-electron chi connectivity index (χ4n) is 4.41. The Bertz CT molecular complexity index is 881. The molecular weight excluding hydrogens is 392 g/mol. The number of furan rings is 1. The monoisotopic (exact) mass is 424 g/mol. The molecule has 0 saturated carbocycles. The van der Waals surface area contributed by atoms with Gasteiger partial charge in [-0.2, -0.15) is 0 Å². The second-order valence-electron chi connectivity index (χ2n) is 8.50. The summed E-state index contributed by atoms with van der Waals surface area (Å²) in [5.41, 5.74) is 1.31. The Morgan fingerprint density at radius 1 is 0.871 bits per heavy atom. The summed E-state index contributed by atoms with van der Waals surface area (Å²) in [5, 5.41) is 0. The lowest BCUT2D eigenvalue weighted by molar-refractivity contribution is -0.138. The Morgan fingerprint density at radius 3 is 2.13 bits per heavy atom. The standard InChI is InChI=1S/C24H32N4O3/c1-19-8-9-22(31-19)24(30)28-16-14-26(15-17-28)20(2)23(29)27-12-10-25(11-13-27)18-21-6-4-3-5-7-21/h3-9,20H,10-18H2,1-2H3. The van der Waals surface area contributed by atoms with Crippen molar-refractivity contribution in [2.45, 2.75) is 26.4 Å². The summed E-state index contributed by atoms with van der Waals surface area (Å²) >= 11 is 0. The van der Waals surface area contributed by atoms with E-state index in [-0.39, 0.29) is 17.9 Å². The molecule has 0 aliphatic carbocycles. The number of hydrogen-bond donors (Lipinski definition) is 0. The highest BCUT2D eigenvalue weighted by molar-refractivity contribution is 5.91. The Balaban J connectivity index is 1.23. The third kappa shape index (κ3) is 5.17. The summed E-state index contributed by atoms with van der Waals surface area (Å²) in [4.78, 5) is 34.0. The molecule has 7 nitrogen and oxygen atoms in total. The van der Waals surface area contributed by atoms with Crippen molar-refractivity contribution in [1.29, 1.82) is 0 Å². The zero-order valence-electron chi connectivity index (χ0n) is 18.5. The topological polar surface area (TPSA) is 60.2 Å². The van der Waals surface area contributed by atoms with E-state index in [1.807, 2.05) is 35.8 Å². The average molecular weight is 425 g/mol. The smallest absolute Gasteiger partial charge is 0.289 e. The van der Waals surface area contributed by atoms with Gasteiger partial charge in [-0.25, -0.2) is 0 Å². The van der Waals surface area contributed by atoms with Crippen LogP contribution in [0.25, 0.3) is 0 Å². The Hall–Kier alpha value is -2.64. The van der Waals surface area contributed by atoms with Crippen LogP contribution in [0, 0.1) is 6.92 Å². The number of rotatable bonds is 5. The van der Waals surface area contributed by atoms with Crippen LogP contribution in [0.5, 0.6) is 0 Å². The lowest BCUT2D eigenvalue weighted by Gasteiger charge is -2.41. The van der Waals surface area contributed by atoms with Gasteiger partial charge in [-0.15, -0.1) is 0 Å². The first-order chi connectivity index (χ1) is 15.0. The molecule has 2 amide bonds. The SMILES string of the molecule is Cc1ccc(C(=O)N2CCN(C(C)C(=O)N3CCN(Cc4ccccc4)CC3)CC2)o1. The van der Waals surface area contributed by atoms with Gasteiger partial charge in [0, 0.05) is 58.9 Å². The first-order valence-electron chi connectivity index (χ1n) is 11.2. The molecule has 166 valence electrons. The van der Waals surface area contributed by atoms with Crippen LogP contribution in [0.4, 0.5) is 0 Å². The van der Waals surface area contributed by atoms with Gasteiger partial charge >= 0.3 is 0 Å². The second-order valence-corrected chi connectivity index (χ2v) is 8.50. The molecule has 1 aromatic heterocycles. The van der Waals surface area contributed by atoms with E-state index >= 15 is 0 Å². The van der Waals surface area contributed by atoms with Gasteiger partial charge in [-0.05, 0) is 31.5 Å². The molecule has 1 atom stereocenters. The van der Waals surface area contributed by atoms with Gasteiger partial charge in [-0.1, -0.05) is 30.3 Å². The largest absolute Gasteiger partial charge is 0.456 e. The van der Waals surface area contributed by atoms with Crippen molar-refractivity contribution in [2.75, 3.05) is 52.4 Å². The van der Waals surface area contributed by atoms with Gasteiger partial charge in [0.15, 0.2) is 5.76 Å². The van der Waals surface area contributed by atoms with E-state index in [1.165, 1.54) is 5.56 Å². The van der Waals surface area contributed by atoms with Crippen LogP contribution in [0.3, 0.4) is 0 Å². The molecule has 2 aliphatic heterocycles. The van der Waals surface area contributed by atoms with Gasteiger partial charge in [0.2, 0.25) is 5.91 Å². The second kappa shape index (κ2) is 9.66. The highest BCUT2D eigenvalue weighted by Gasteiger charge is 2.32. The molecule has 7 heteroatoms. The van der Waals surface area contributed by atoms with Crippen molar-refractivity contribution >= 4 is 11.8 Å². The molecule has 1 aromatic carbocycles. The average Bonchev–Trinajstić information content (AvgIpc) is 3.25. The van der Waals surface area contributed by atoms with Crippen molar-refractivity contribution in [3.8, 4) is 0 Å². The van der Waals surface area contributed by atoms with Crippen molar-refractivity contribution in [3.05, 3.63) is 59.5 Å². The molecule has 1 unspecified atom stereocenters. The number of nitrogens with zero attached hydrogens (tertiary/aromatic N) is 4. The number of piperazine rings is 2. The van der Waals surface area contributed by atoms with Crippen molar-refractivity contribution < 1.29 is 14.0 Å². The lowest BCUT2D eigenvalue weighted by Crippen LogP contribution is -2.57. The third-order valence-electron chi connectivity index (χ3n) is 6.39. The summed E-state index contributed by atoms with van der Waals surface area (Å²) in [6.07, 6.45) is 0. The minimum absolute atomic E-state index is 0.0683. The number of carbonyl (C=O) groups excluding carboxylic acids is 2. The minimum Gasteiger partial charge on any atom is -0.456 e. The van der Waals surface area contributed by atoms with E-state index in [4.69, 9.17) is 4.42 Å². The van der Waals surface area contributed by atoms with Gasteiger partial charge in [0.05, 0.1) is 6.04 Å². The predicted octanol–water partition coefficient (Wildman–Crippen LogP) is 2.08. The summed E-state index contributed by atoms with van der Waals surface area (Å²) < 4.78 is 5.47. The van der Waals surface area contributed by atoms with E-state index in [0.717, 1.165) is 38.5 Å². The molecule has 2 fully saturated rings. The first-order valence-corrected chi connectivity index (χ1v) is 11.2. The highest BCUT2D eigenvalue weighted by atomic mass is 16.3. The molecule has 0 spiro atoms. The highest BCUT2D eigenvalue weighted by Crippen LogP contribution is 2.15. The summed E-state index contributed by atoms with van der Waals surface area (Å²) in [6.45, 7) is 10.7. The van der Waals surface area contributed by atoms with Gasteiger partial charge in [0.25, 0.3) is 5.91 Å². The van der Waals surface area contributed by atoms with Crippen molar-refractivity contribution in [2.24, 2.45) is 0 Å². The molecule has 4 rings (SSSR count).